The SMILES string of the molecule is COc1ccc2cc1OCC(=O)N[C@@H]1CN(C(=O)CCn3cc(Cl)cn3)CC[C@@H]1Oc1cc(F)cc(c1)CNC2=O. The molecule has 2 atom stereocenters. The Morgan fingerprint density at radius 3 is 2.88 bits per heavy atom. The summed E-state index contributed by atoms with van der Waals surface area (Å²) < 4.78 is 33.3. The first-order chi connectivity index (χ1) is 19.8. The molecule has 11 nitrogen and oxygen atoms in total. The molecular formula is C28H29ClFN5O6. The molecule has 3 heterocycles. The van der Waals surface area contributed by atoms with E-state index in [4.69, 9.17) is 25.8 Å². The molecule has 5 rings (SSSR count). The number of carbonyl (C=O) groups excluding carboxylic acids is 3. The molecule has 2 aliphatic heterocycles. The van der Waals surface area contributed by atoms with Crippen LogP contribution >= 0.6 is 11.6 Å². The second kappa shape index (κ2) is 12.5. The number of halogens is 2. The Hall–Kier alpha value is -4.32. The van der Waals surface area contributed by atoms with Crippen LogP contribution in [0.2, 0.25) is 5.02 Å². The van der Waals surface area contributed by atoms with Crippen molar-refractivity contribution < 1.29 is 33.0 Å². The maximum absolute atomic E-state index is 14.5. The number of hydrogen-bond donors (Lipinski definition) is 2. The van der Waals surface area contributed by atoms with Gasteiger partial charge in [-0.1, -0.05) is 11.6 Å². The molecule has 2 aliphatic rings. The molecule has 1 fully saturated rings. The van der Waals surface area contributed by atoms with E-state index >= 15 is 0 Å². The fourth-order valence-corrected chi connectivity index (χ4v) is 4.99. The highest BCUT2D eigenvalue weighted by atomic mass is 35.5. The standard InChI is InChI=1S/C28H29ClFN5O6/c1-39-24-3-2-18-10-25(24)40-16-26(36)33-22-15-34(27(37)5-7-35-14-19(29)13-32-35)6-4-23(22)41-21-9-17(8-20(30)11-21)12-31-28(18)38/h2-3,8-11,13-14,22-23H,4-7,12,15-16H2,1H3,(H,31,38)(H,33,36)/t22-,23+/m1/s1. The van der Waals surface area contributed by atoms with Gasteiger partial charge in [0.15, 0.2) is 18.1 Å². The average molecular weight is 586 g/mol. The zero-order valence-corrected chi connectivity index (χ0v) is 23.0. The number of nitrogens with one attached hydrogen (secondary N) is 2. The van der Waals surface area contributed by atoms with Crippen LogP contribution in [0.25, 0.3) is 0 Å². The second-order valence-electron chi connectivity index (χ2n) is 9.76. The van der Waals surface area contributed by atoms with E-state index in [-0.39, 0.29) is 49.1 Å². The van der Waals surface area contributed by atoms with Crippen LogP contribution in [-0.4, -0.2) is 71.4 Å². The molecule has 1 aromatic heterocycles. The fraction of sp³-hybridized carbons (Fsp3) is 0.357. The first-order valence-corrected chi connectivity index (χ1v) is 13.5. The van der Waals surface area contributed by atoms with Gasteiger partial charge < -0.3 is 29.7 Å². The van der Waals surface area contributed by atoms with Crippen molar-refractivity contribution >= 4 is 29.3 Å². The smallest absolute Gasteiger partial charge is 0.258 e. The minimum Gasteiger partial charge on any atom is -0.493 e. The van der Waals surface area contributed by atoms with Crippen LogP contribution in [0.3, 0.4) is 0 Å². The van der Waals surface area contributed by atoms with Crippen molar-refractivity contribution in [1.29, 1.82) is 0 Å². The molecule has 1 saturated heterocycles. The first kappa shape index (κ1) is 28.2. The van der Waals surface area contributed by atoms with Crippen LogP contribution in [0, 0.1) is 5.82 Å². The molecule has 3 amide bonds. The predicted octanol–water partition coefficient (Wildman–Crippen LogP) is 2.56. The van der Waals surface area contributed by atoms with Gasteiger partial charge in [-0.15, -0.1) is 0 Å². The molecule has 2 N–H and O–H groups in total. The van der Waals surface area contributed by atoms with Gasteiger partial charge in [-0.25, -0.2) is 4.39 Å². The van der Waals surface area contributed by atoms with E-state index < -0.39 is 29.8 Å². The van der Waals surface area contributed by atoms with Gasteiger partial charge in [0.25, 0.3) is 11.8 Å². The van der Waals surface area contributed by atoms with Crippen LogP contribution in [0.1, 0.15) is 28.8 Å². The molecule has 4 bridgehead atoms. The molecule has 41 heavy (non-hydrogen) atoms. The number of ether oxygens (including phenoxy) is 3. The molecule has 3 aromatic rings. The van der Waals surface area contributed by atoms with Crippen molar-refractivity contribution in [1.82, 2.24) is 25.3 Å². The molecule has 0 unspecified atom stereocenters. The van der Waals surface area contributed by atoms with Crippen LogP contribution in [0.4, 0.5) is 4.39 Å². The molecule has 2 aromatic carbocycles. The zero-order chi connectivity index (χ0) is 28.9. The lowest BCUT2D eigenvalue weighted by Crippen LogP contribution is -2.58. The van der Waals surface area contributed by atoms with Crippen molar-refractivity contribution in [2.45, 2.75) is 38.1 Å². The van der Waals surface area contributed by atoms with E-state index in [1.54, 1.807) is 34.0 Å². The summed E-state index contributed by atoms with van der Waals surface area (Å²) in [7, 11) is 1.45. The lowest BCUT2D eigenvalue weighted by Gasteiger charge is -2.39. The largest absolute Gasteiger partial charge is 0.493 e. The van der Waals surface area contributed by atoms with E-state index in [2.05, 4.69) is 15.7 Å². The lowest BCUT2D eigenvalue weighted by molar-refractivity contribution is -0.135. The van der Waals surface area contributed by atoms with Crippen molar-refractivity contribution in [3.05, 3.63) is 70.8 Å². The minimum atomic E-state index is -0.601. The number of nitrogens with zero attached hydrogens (tertiary/aromatic N) is 3. The lowest BCUT2D eigenvalue weighted by atomic mass is 10.0. The predicted molar refractivity (Wildman–Crippen MR) is 145 cm³/mol. The summed E-state index contributed by atoms with van der Waals surface area (Å²) in [5.74, 6) is -0.704. The molecule has 0 radical (unpaired) electrons. The minimum absolute atomic E-state index is 0.0593. The summed E-state index contributed by atoms with van der Waals surface area (Å²) in [6.07, 6.45) is 3.18. The van der Waals surface area contributed by atoms with Gasteiger partial charge in [-0.2, -0.15) is 5.10 Å². The number of methoxy groups -OCH3 is 1. The Bertz CT molecular complexity index is 1450. The highest BCUT2D eigenvalue weighted by Gasteiger charge is 2.34. The number of rotatable bonds is 4. The Morgan fingerprint density at radius 2 is 2.10 bits per heavy atom. The van der Waals surface area contributed by atoms with Gasteiger partial charge in [-0.3, -0.25) is 19.1 Å². The summed E-state index contributed by atoms with van der Waals surface area (Å²) in [6.45, 7) is 0.615. The number of carbonyl (C=O) groups is 3. The summed E-state index contributed by atoms with van der Waals surface area (Å²) in [6, 6.07) is 8.20. The number of fused-ring (bicyclic) bond motifs is 5. The normalized spacial score (nSPS) is 19.2. The Kier molecular flexibility index (Phi) is 8.58. The van der Waals surface area contributed by atoms with Gasteiger partial charge in [0, 0.05) is 56.8 Å². The fourth-order valence-electron chi connectivity index (χ4n) is 4.84. The third kappa shape index (κ3) is 7.07. The van der Waals surface area contributed by atoms with Crippen LogP contribution < -0.4 is 24.8 Å². The Labute approximate surface area is 240 Å². The molecule has 0 spiro atoms. The number of aryl methyl sites for hydroxylation is 1. The molecule has 0 saturated carbocycles. The maximum Gasteiger partial charge on any atom is 0.258 e. The number of benzene rings is 2. The van der Waals surface area contributed by atoms with Crippen LogP contribution in [-0.2, 0) is 22.7 Å². The topological polar surface area (TPSA) is 124 Å². The van der Waals surface area contributed by atoms with Gasteiger partial charge in [0.05, 0.1) is 24.4 Å². The van der Waals surface area contributed by atoms with Gasteiger partial charge in [0.1, 0.15) is 17.7 Å². The molecule has 216 valence electrons. The number of amides is 3. The zero-order valence-electron chi connectivity index (χ0n) is 22.3. The quantitative estimate of drug-likeness (QED) is 0.482. The molecule has 13 heteroatoms. The van der Waals surface area contributed by atoms with Crippen molar-refractivity contribution in [3.63, 3.8) is 0 Å². The Balaban J connectivity index is 1.37. The summed E-state index contributed by atoms with van der Waals surface area (Å²) >= 11 is 5.91. The first-order valence-electron chi connectivity index (χ1n) is 13.1. The van der Waals surface area contributed by atoms with Crippen LogP contribution in [0.15, 0.2) is 48.8 Å². The van der Waals surface area contributed by atoms with Gasteiger partial charge in [-0.05, 0) is 35.9 Å². The Morgan fingerprint density at radius 1 is 1.24 bits per heavy atom. The average Bonchev–Trinajstić information content (AvgIpc) is 3.38. The van der Waals surface area contributed by atoms with E-state index in [1.165, 1.54) is 31.5 Å². The summed E-state index contributed by atoms with van der Waals surface area (Å²) in [4.78, 5) is 40.5. The maximum atomic E-state index is 14.5. The number of aromatic nitrogens is 2. The summed E-state index contributed by atoms with van der Waals surface area (Å²) in [5.41, 5.74) is 0.775. The number of hydrogen-bond acceptors (Lipinski definition) is 7. The summed E-state index contributed by atoms with van der Waals surface area (Å²) in [5, 5.41) is 10.3. The monoisotopic (exact) mass is 585 g/mol. The van der Waals surface area contributed by atoms with E-state index in [0.29, 0.717) is 35.8 Å². The van der Waals surface area contributed by atoms with Gasteiger partial charge >= 0.3 is 0 Å². The highest BCUT2D eigenvalue weighted by Crippen LogP contribution is 2.29. The number of piperidine rings is 1. The van der Waals surface area contributed by atoms with E-state index in [1.807, 2.05) is 0 Å². The van der Waals surface area contributed by atoms with E-state index in [0.717, 1.165) is 0 Å². The highest BCUT2D eigenvalue weighted by molar-refractivity contribution is 6.30. The number of likely N-dealkylation sites (tertiary alicyclic amines) is 1. The van der Waals surface area contributed by atoms with E-state index in [9.17, 15) is 18.8 Å². The van der Waals surface area contributed by atoms with Crippen LogP contribution in [0.5, 0.6) is 17.2 Å². The van der Waals surface area contributed by atoms with Gasteiger partial charge in [0.2, 0.25) is 5.91 Å². The third-order valence-corrected chi connectivity index (χ3v) is 7.06. The third-order valence-electron chi connectivity index (χ3n) is 6.86. The van der Waals surface area contributed by atoms with Crippen molar-refractivity contribution in [2.75, 3.05) is 26.8 Å². The molecule has 0 aliphatic carbocycles. The van der Waals surface area contributed by atoms with Crippen molar-refractivity contribution in [3.8, 4) is 17.2 Å². The molecular weight excluding hydrogens is 557 g/mol. The van der Waals surface area contributed by atoms with Crippen molar-refractivity contribution in [2.24, 2.45) is 0 Å². The second-order valence-corrected chi connectivity index (χ2v) is 10.2.